The summed E-state index contributed by atoms with van der Waals surface area (Å²) in [6.07, 6.45) is -0.534. The number of nitro groups is 1. The summed E-state index contributed by atoms with van der Waals surface area (Å²) in [7, 11) is 1.58. The van der Waals surface area contributed by atoms with Crippen LogP contribution >= 0.6 is 22.9 Å². The number of rotatable bonds is 11. The van der Waals surface area contributed by atoms with Gasteiger partial charge in [0.2, 0.25) is 0 Å². The Kier molecular flexibility index (Phi) is 8.35. The number of thiophene rings is 1. The standard InChI is InChI=1S/C27H23ClN2O7S/c1-16(20-5-3-4-6-21(20)28)37-24-14-25(38-26(24)27(31)32)29-22-13-19(11-12-23(22)30(33)34)36-15-17-7-9-18(35-2)10-8-17/h3-14,16,29H,15H2,1-2H3,(H,31,32)/t16-/m1/s1. The molecule has 0 radical (unpaired) electrons. The van der Waals surface area contributed by atoms with Gasteiger partial charge in [-0.25, -0.2) is 4.79 Å². The highest BCUT2D eigenvalue weighted by molar-refractivity contribution is 7.18. The van der Waals surface area contributed by atoms with Crippen LogP contribution in [-0.4, -0.2) is 23.1 Å². The van der Waals surface area contributed by atoms with E-state index in [0.29, 0.717) is 21.3 Å². The molecule has 2 N–H and O–H groups in total. The first-order valence-corrected chi connectivity index (χ1v) is 12.5. The molecule has 0 saturated heterocycles. The minimum absolute atomic E-state index is 0.0547. The molecular weight excluding hydrogens is 532 g/mol. The Morgan fingerprint density at radius 3 is 2.47 bits per heavy atom. The molecule has 0 aliphatic heterocycles. The fourth-order valence-corrected chi connectivity index (χ4v) is 4.75. The number of hydrogen-bond donors (Lipinski definition) is 2. The van der Waals surface area contributed by atoms with Gasteiger partial charge in [0.05, 0.1) is 17.0 Å². The second-order valence-corrected chi connectivity index (χ2v) is 9.55. The zero-order valence-electron chi connectivity index (χ0n) is 20.3. The number of carbonyl (C=O) groups is 1. The van der Waals surface area contributed by atoms with Crippen LogP contribution in [0.25, 0.3) is 0 Å². The number of nitrogens with one attached hydrogen (secondary N) is 1. The number of carboxylic acid groups (broad SMARTS) is 1. The summed E-state index contributed by atoms with van der Waals surface area (Å²) < 4.78 is 16.9. The lowest BCUT2D eigenvalue weighted by Gasteiger charge is -2.15. The summed E-state index contributed by atoms with van der Waals surface area (Å²) in [4.78, 5) is 23.0. The monoisotopic (exact) mass is 554 g/mol. The normalized spacial score (nSPS) is 11.4. The topological polar surface area (TPSA) is 120 Å². The van der Waals surface area contributed by atoms with Crippen LogP contribution in [0.2, 0.25) is 5.02 Å². The molecule has 3 aromatic carbocycles. The number of aromatic carboxylic acids is 1. The third-order valence-corrected chi connectivity index (χ3v) is 6.89. The van der Waals surface area contributed by atoms with Gasteiger partial charge in [-0.05, 0) is 36.8 Å². The number of hydrogen-bond acceptors (Lipinski definition) is 8. The third kappa shape index (κ3) is 6.34. The Bertz CT molecular complexity index is 1460. The van der Waals surface area contributed by atoms with Gasteiger partial charge in [-0.2, -0.15) is 0 Å². The predicted molar refractivity (Wildman–Crippen MR) is 145 cm³/mol. The van der Waals surface area contributed by atoms with E-state index in [-0.39, 0.29) is 28.6 Å². The highest BCUT2D eigenvalue weighted by atomic mass is 35.5. The van der Waals surface area contributed by atoms with Crippen molar-refractivity contribution in [3.05, 3.63) is 104 Å². The van der Waals surface area contributed by atoms with Crippen LogP contribution in [0.15, 0.2) is 72.8 Å². The second-order valence-electron chi connectivity index (χ2n) is 8.09. The van der Waals surface area contributed by atoms with Crippen LogP contribution in [0, 0.1) is 10.1 Å². The maximum Gasteiger partial charge on any atom is 0.349 e. The van der Waals surface area contributed by atoms with Crippen molar-refractivity contribution in [3.63, 3.8) is 0 Å². The zero-order valence-corrected chi connectivity index (χ0v) is 21.9. The molecule has 1 aromatic heterocycles. The van der Waals surface area contributed by atoms with Gasteiger partial charge >= 0.3 is 5.97 Å². The van der Waals surface area contributed by atoms with Crippen LogP contribution < -0.4 is 19.5 Å². The van der Waals surface area contributed by atoms with Gasteiger partial charge in [-0.15, -0.1) is 11.3 Å². The van der Waals surface area contributed by atoms with Crippen molar-refractivity contribution in [1.82, 2.24) is 0 Å². The number of carboxylic acids is 1. The lowest BCUT2D eigenvalue weighted by Crippen LogP contribution is -2.06. The first kappa shape index (κ1) is 26.8. The van der Waals surface area contributed by atoms with E-state index in [1.807, 2.05) is 30.3 Å². The number of nitrogens with zero attached hydrogens (tertiary/aromatic N) is 1. The smallest absolute Gasteiger partial charge is 0.349 e. The molecule has 0 aliphatic rings. The van der Waals surface area contributed by atoms with Crippen LogP contribution in [-0.2, 0) is 6.61 Å². The SMILES string of the molecule is COc1ccc(COc2ccc([N+](=O)[O-])c(Nc3cc(O[C@H](C)c4ccccc4Cl)c(C(=O)O)s3)c2)cc1. The summed E-state index contributed by atoms with van der Waals surface area (Å²) >= 11 is 7.15. The molecule has 4 rings (SSSR count). The molecule has 0 bridgehead atoms. The Hall–Kier alpha value is -4.28. The van der Waals surface area contributed by atoms with E-state index in [0.717, 1.165) is 22.6 Å². The van der Waals surface area contributed by atoms with E-state index in [1.54, 1.807) is 32.2 Å². The Balaban J connectivity index is 1.56. The highest BCUT2D eigenvalue weighted by Gasteiger charge is 2.22. The van der Waals surface area contributed by atoms with Crippen molar-refractivity contribution >= 4 is 45.3 Å². The lowest BCUT2D eigenvalue weighted by atomic mass is 10.1. The molecule has 4 aromatic rings. The molecule has 1 atom stereocenters. The average Bonchev–Trinajstić information content (AvgIpc) is 3.30. The van der Waals surface area contributed by atoms with E-state index in [4.69, 9.17) is 25.8 Å². The van der Waals surface area contributed by atoms with Gasteiger partial charge < -0.3 is 24.6 Å². The highest BCUT2D eigenvalue weighted by Crippen LogP contribution is 2.40. The van der Waals surface area contributed by atoms with Gasteiger partial charge in [0.1, 0.15) is 35.6 Å². The van der Waals surface area contributed by atoms with Crippen molar-refractivity contribution in [2.45, 2.75) is 19.6 Å². The summed E-state index contributed by atoms with van der Waals surface area (Å²) in [5.74, 6) is 0.0482. The summed E-state index contributed by atoms with van der Waals surface area (Å²) in [5.41, 5.74) is 1.53. The molecule has 0 fully saturated rings. The predicted octanol–water partition coefficient (Wildman–Crippen LogP) is 7.48. The molecule has 1 heterocycles. The molecule has 0 amide bonds. The fraction of sp³-hybridized carbons (Fsp3) is 0.148. The van der Waals surface area contributed by atoms with Crippen molar-refractivity contribution < 1.29 is 29.0 Å². The third-order valence-electron chi connectivity index (χ3n) is 5.53. The maximum atomic E-state index is 11.9. The van der Waals surface area contributed by atoms with Gasteiger partial charge in [0, 0.05) is 28.8 Å². The number of nitro benzene ring substituents is 1. The molecule has 196 valence electrons. The van der Waals surface area contributed by atoms with E-state index < -0.39 is 17.0 Å². The first-order valence-electron chi connectivity index (χ1n) is 11.3. The quantitative estimate of drug-likeness (QED) is 0.145. The first-order chi connectivity index (χ1) is 18.2. The van der Waals surface area contributed by atoms with Gasteiger partial charge in [0.15, 0.2) is 4.88 Å². The number of ether oxygens (including phenoxy) is 3. The van der Waals surface area contributed by atoms with E-state index >= 15 is 0 Å². The van der Waals surface area contributed by atoms with Crippen LogP contribution in [0.4, 0.5) is 16.4 Å². The van der Waals surface area contributed by atoms with E-state index in [2.05, 4.69) is 5.32 Å². The number of anilines is 2. The van der Waals surface area contributed by atoms with Crippen molar-refractivity contribution in [3.8, 4) is 17.2 Å². The molecule has 0 aliphatic carbocycles. The van der Waals surface area contributed by atoms with Crippen LogP contribution in [0.3, 0.4) is 0 Å². The molecule has 9 nitrogen and oxygen atoms in total. The average molecular weight is 555 g/mol. The molecule has 0 unspecified atom stereocenters. The van der Waals surface area contributed by atoms with Crippen LogP contribution in [0.1, 0.15) is 33.8 Å². The van der Waals surface area contributed by atoms with Crippen molar-refractivity contribution in [2.75, 3.05) is 12.4 Å². The summed E-state index contributed by atoms with van der Waals surface area (Å²) in [6.45, 7) is 1.99. The lowest BCUT2D eigenvalue weighted by molar-refractivity contribution is -0.383. The fourth-order valence-electron chi connectivity index (χ4n) is 3.62. The van der Waals surface area contributed by atoms with Gasteiger partial charge in [0.25, 0.3) is 5.69 Å². The van der Waals surface area contributed by atoms with E-state index in [9.17, 15) is 20.0 Å². The van der Waals surface area contributed by atoms with Crippen molar-refractivity contribution in [1.29, 1.82) is 0 Å². The van der Waals surface area contributed by atoms with Crippen LogP contribution in [0.5, 0.6) is 17.2 Å². The molecular formula is C27H23ClN2O7S. The molecule has 0 spiro atoms. The molecule has 0 saturated carbocycles. The zero-order chi connectivity index (χ0) is 27.2. The minimum atomic E-state index is -1.18. The van der Waals surface area contributed by atoms with Crippen molar-refractivity contribution in [2.24, 2.45) is 0 Å². The maximum absolute atomic E-state index is 11.9. The Morgan fingerprint density at radius 2 is 1.82 bits per heavy atom. The van der Waals surface area contributed by atoms with Gasteiger partial charge in [-0.3, -0.25) is 10.1 Å². The molecule has 11 heteroatoms. The summed E-state index contributed by atoms with van der Waals surface area (Å²) in [6, 6.07) is 20.3. The number of benzene rings is 3. The van der Waals surface area contributed by atoms with E-state index in [1.165, 1.54) is 24.3 Å². The Morgan fingerprint density at radius 1 is 1.11 bits per heavy atom. The number of halogens is 1. The number of methoxy groups -OCH3 is 1. The summed E-state index contributed by atoms with van der Waals surface area (Å²) in [5, 5.41) is 25.2. The molecule has 38 heavy (non-hydrogen) atoms. The van der Waals surface area contributed by atoms with Gasteiger partial charge in [-0.1, -0.05) is 41.9 Å². The minimum Gasteiger partial charge on any atom is -0.497 e. The Labute approximate surface area is 227 Å². The second kappa shape index (κ2) is 11.8. The largest absolute Gasteiger partial charge is 0.497 e.